The van der Waals surface area contributed by atoms with Crippen LogP contribution in [0.25, 0.3) is 0 Å². The van der Waals surface area contributed by atoms with Gasteiger partial charge in [0.05, 0.1) is 11.2 Å². The van der Waals surface area contributed by atoms with Crippen LogP contribution in [0.5, 0.6) is 0 Å². The summed E-state index contributed by atoms with van der Waals surface area (Å²) in [6.07, 6.45) is 2.22. The molecule has 3 nitrogen and oxygen atoms in total. The molecule has 1 aliphatic rings. The number of nitrogens with zero attached hydrogens (tertiary/aromatic N) is 2. The second-order valence-corrected chi connectivity index (χ2v) is 7.01. The fourth-order valence-corrected chi connectivity index (χ4v) is 4.16. The fraction of sp³-hybridized carbons (Fsp3) is 0.800. The van der Waals surface area contributed by atoms with Gasteiger partial charge in [-0.3, -0.25) is 4.90 Å². The molecule has 0 aromatic carbocycles. The van der Waals surface area contributed by atoms with Crippen molar-refractivity contribution >= 4 is 11.3 Å². The summed E-state index contributed by atoms with van der Waals surface area (Å²) in [6.45, 7) is 14.4. The van der Waals surface area contributed by atoms with Crippen LogP contribution in [0.1, 0.15) is 49.7 Å². The molecule has 0 spiro atoms. The molecule has 0 bridgehead atoms. The Hall–Kier alpha value is -0.450. The number of aryl methyl sites for hydroxylation is 2. The molecular weight excluding hydrogens is 254 g/mol. The van der Waals surface area contributed by atoms with Gasteiger partial charge in [-0.05, 0) is 40.2 Å². The Balaban J connectivity index is 2.29. The normalized spacial score (nSPS) is 24.5. The van der Waals surface area contributed by atoms with E-state index >= 15 is 0 Å². The molecule has 0 saturated carbocycles. The summed E-state index contributed by atoms with van der Waals surface area (Å²) in [4.78, 5) is 8.87. The molecule has 1 N–H and O–H groups in total. The van der Waals surface area contributed by atoms with Gasteiger partial charge in [0.15, 0.2) is 0 Å². The van der Waals surface area contributed by atoms with Crippen LogP contribution in [0.4, 0.5) is 0 Å². The predicted molar refractivity (Wildman–Crippen MR) is 82.9 cm³/mol. The highest BCUT2D eigenvalue weighted by molar-refractivity contribution is 7.11. The van der Waals surface area contributed by atoms with Crippen molar-refractivity contribution in [1.82, 2.24) is 15.2 Å². The molecule has 0 radical (unpaired) electrons. The van der Waals surface area contributed by atoms with Crippen molar-refractivity contribution in [2.45, 2.75) is 59.0 Å². The molecule has 1 saturated heterocycles. The van der Waals surface area contributed by atoms with Crippen molar-refractivity contribution in [3.8, 4) is 0 Å². The lowest BCUT2D eigenvalue weighted by atomic mass is 9.99. The minimum Gasteiger partial charge on any atom is -0.305 e. The molecule has 1 atom stereocenters. The third kappa shape index (κ3) is 2.86. The molecule has 2 heterocycles. The summed E-state index contributed by atoms with van der Waals surface area (Å²) < 4.78 is 0. The average molecular weight is 281 g/mol. The molecule has 1 fully saturated rings. The van der Waals surface area contributed by atoms with E-state index in [9.17, 15) is 0 Å². The van der Waals surface area contributed by atoms with Crippen molar-refractivity contribution in [3.05, 3.63) is 15.6 Å². The number of thiazole rings is 1. The smallest absolute Gasteiger partial charge is 0.115 e. The maximum atomic E-state index is 4.92. The molecule has 1 aromatic heterocycles. The maximum Gasteiger partial charge on any atom is 0.115 e. The Morgan fingerprint density at radius 1 is 1.42 bits per heavy atom. The standard InChI is InChI=1S/C15H27N3S/c1-6-13-12(5)19-14(17-13)15(16-7-2)8-9-18(10-15)11(3)4/h11,16H,6-10H2,1-5H3. The Morgan fingerprint density at radius 3 is 2.63 bits per heavy atom. The predicted octanol–water partition coefficient (Wildman–Crippen LogP) is 2.93. The van der Waals surface area contributed by atoms with E-state index in [0.717, 1.165) is 19.5 Å². The first kappa shape index (κ1) is 14.9. The summed E-state index contributed by atoms with van der Waals surface area (Å²) >= 11 is 1.89. The van der Waals surface area contributed by atoms with E-state index in [1.807, 2.05) is 11.3 Å². The molecular formula is C15H27N3S. The highest BCUT2D eigenvalue weighted by atomic mass is 32.1. The minimum absolute atomic E-state index is 0.0852. The third-order valence-electron chi connectivity index (χ3n) is 4.18. The SMILES string of the molecule is CCNC1(c2nc(CC)c(C)s2)CCN(C(C)C)C1. The van der Waals surface area contributed by atoms with Crippen molar-refractivity contribution in [1.29, 1.82) is 0 Å². The van der Waals surface area contributed by atoms with Crippen LogP contribution in [0.15, 0.2) is 0 Å². The highest BCUT2D eigenvalue weighted by Crippen LogP contribution is 2.36. The lowest BCUT2D eigenvalue weighted by Gasteiger charge is -2.29. The quantitative estimate of drug-likeness (QED) is 0.899. The molecule has 0 amide bonds. The van der Waals surface area contributed by atoms with E-state index in [1.165, 1.54) is 28.5 Å². The summed E-state index contributed by atoms with van der Waals surface area (Å²) in [6, 6.07) is 0.618. The van der Waals surface area contributed by atoms with Gasteiger partial charge in [0.2, 0.25) is 0 Å². The summed E-state index contributed by atoms with van der Waals surface area (Å²) in [5, 5.41) is 5.03. The summed E-state index contributed by atoms with van der Waals surface area (Å²) in [7, 11) is 0. The van der Waals surface area contributed by atoms with Crippen LogP contribution in [0.2, 0.25) is 0 Å². The van der Waals surface area contributed by atoms with Gasteiger partial charge in [-0.1, -0.05) is 13.8 Å². The first-order valence-corrected chi connectivity index (χ1v) is 8.30. The monoisotopic (exact) mass is 281 g/mol. The summed E-state index contributed by atoms with van der Waals surface area (Å²) in [5.41, 5.74) is 1.36. The number of nitrogens with one attached hydrogen (secondary N) is 1. The van der Waals surface area contributed by atoms with Crippen LogP contribution in [0.3, 0.4) is 0 Å². The molecule has 1 aromatic rings. The van der Waals surface area contributed by atoms with Crippen molar-refractivity contribution in [3.63, 3.8) is 0 Å². The molecule has 108 valence electrons. The molecule has 4 heteroatoms. The zero-order valence-electron chi connectivity index (χ0n) is 12.9. The Labute approximate surface area is 121 Å². The topological polar surface area (TPSA) is 28.2 Å². The van der Waals surface area contributed by atoms with E-state index in [1.54, 1.807) is 0 Å². The van der Waals surface area contributed by atoms with E-state index in [0.29, 0.717) is 6.04 Å². The van der Waals surface area contributed by atoms with Gasteiger partial charge in [0.1, 0.15) is 5.01 Å². The lowest BCUT2D eigenvalue weighted by Crippen LogP contribution is -2.45. The fourth-order valence-electron chi connectivity index (χ4n) is 2.97. The number of hydrogen-bond donors (Lipinski definition) is 1. The third-order valence-corrected chi connectivity index (χ3v) is 5.40. The van der Waals surface area contributed by atoms with Crippen molar-refractivity contribution in [2.24, 2.45) is 0 Å². The lowest BCUT2D eigenvalue weighted by molar-refractivity contribution is 0.241. The van der Waals surface area contributed by atoms with Crippen LogP contribution in [-0.2, 0) is 12.0 Å². The van der Waals surface area contributed by atoms with Crippen molar-refractivity contribution < 1.29 is 0 Å². The summed E-state index contributed by atoms with van der Waals surface area (Å²) in [5.74, 6) is 0. The van der Waals surface area contributed by atoms with Gasteiger partial charge in [0, 0.05) is 24.0 Å². The van der Waals surface area contributed by atoms with E-state index < -0.39 is 0 Å². The second kappa shape index (κ2) is 5.90. The van der Waals surface area contributed by atoms with Crippen LogP contribution in [0, 0.1) is 6.92 Å². The maximum absolute atomic E-state index is 4.92. The van der Waals surface area contributed by atoms with Gasteiger partial charge < -0.3 is 5.32 Å². The van der Waals surface area contributed by atoms with Gasteiger partial charge >= 0.3 is 0 Å². The number of hydrogen-bond acceptors (Lipinski definition) is 4. The van der Waals surface area contributed by atoms with Crippen LogP contribution in [-0.4, -0.2) is 35.6 Å². The highest BCUT2D eigenvalue weighted by Gasteiger charge is 2.42. The Kier molecular flexibility index (Phi) is 4.64. The largest absolute Gasteiger partial charge is 0.305 e. The number of likely N-dealkylation sites (tertiary alicyclic amines) is 1. The number of likely N-dealkylation sites (N-methyl/N-ethyl adjacent to an activating group) is 1. The molecule has 1 aliphatic heterocycles. The van der Waals surface area contributed by atoms with Crippen LogP contribution >= 0.6 is 11.3 Å². The van der Waals surface area contributed by atoms with Gasteiger partial charge in [-0.2, -0.15) is 0 Å². The van der Waals surface area contributed by atoms with Gasteiger partial charge in [0.25, 0.3) is 0 Å². The second-order valence-electron chi connectivity index (χ2n) is 5.80. The van der Waals surface area contributed by atoms with Crippen LogP contribution < -0.4 is 5.32 Å². The first-order chi connectivity index (χ1) is 9.02. The molecule has 0 aliphatic carbocycles. The zero-order chi connectivity index (χ0) is 14.0. The van der Waals surface area contributed by atoms with E-state index in [4.69, 9.17) is 4.98 Å². The van der Waals surface area contributed by atoms with E-state index in [2.05, 4.69) is 44.8 Å². The average Bonchev–Trinajstić information content (AvgIpc) is 2.94. The minimum atomic E-state index is 0.0852. The number of aromatic nitrogens is 1. The Morgan fingerprint density at radius 2 is 2.16 bits per heavy atom. The molecule has 2 rings (SSSR count). The molecule has 19 heavy (non-hydrogen) atoms. The van der Waals surface area contributed by atoms with Gasteiger partial charge in [-0.25, -0.2) is 4.98 Å². The van der Waals surface area contributed by atoms with Crippen molar-refractivity contribution in [2.75, 3.05) is 19.6 Å². The van der Waals surface area contributed by atoms with E-state index in [-0.39, 0.29) is 5.54 Å². The molecule has 1 unspecified atom stereocenters. The Bertz CT molecular complexity index is 427. The first-order valence-electron chi connectivity index (χ1n) is 7.48. The zero-order valence-corrected chi connectivity index (χ0v) is 13.7. The van der Waals surface area contributed by atoms with Gasteiger partial charge in [-0.15, -0.1) is 11.3 Å². The number of rotatable bonds is 5.